The highest BCUT2D eigenvalue weighted by Crippen LogP contribution is 2.23. The molecule has 0 amide bonds. The van der Waals surface area contributed by atoms with Crippen molar-refractivity contribution in [2.45, 2.75) is 34.6 Å². The number of hydrogen-bond donors (Lipinski definition) is 0. The molecule has 2 aromatic carbocycles. The molecule has 3 heteroatoms. The average molecular weight is 358 g/mol. The molecule has 0 aliphatic heterocycles. The maximum absolute atomic E-state index is 4.72. The number of rotatable bonds is 4. The molecule has 0 aliphatic carbocycles. The third kappa shape index (κ3) is 5.20. The molecule has 3 aromatic rings. The smallest absolute Gasteiger partial charge is 0.164 e. The zero-order chi connectivity index (χ0) is 19.6. The molecule has 0 atom stereocenters. The fourth-order valence-electron chi connectivity index (χ4n) is 2.61. The lowest BCUT2D eigenvalue weighted by molar-refractivity contribution is 1.04. The minimum Gasteiger partial charge on any atom is -0.208 e. The first-order chi connectivity index (χ1) is 13.2. The van der Waals surface area contributed by atoms with Gasteiger partial charge in [0.05, 0.1) is 0 Å². The first-order valence-corrected chi connectivity index (χ1v) is 9.39. The van der Waals surface area contributed by atoms with Crippen LogP contribution in [0.4, 0.5) is 0 Å². The van der Waals surface area contributed by atoms with Gasteiger partial charge < -0.3 is 0 Å². The zero-order valence-electron chi connectivity index (χ0n) is 16.8. The maximum Gasteiger partial charge on any atom is 0.164 e. The van der Waals surface area contributed by atoms with E-state index in [9.17, 15) is 0 Å². The van der Waals surface area contributed by atoms with Gasteiger partial charge in [0, 0.05) is 16.7 Å². The molecule has 0 unspecified atom stereocenters. The molecule has 138 valence electrons. The van der Waals surface area contributed by atoms with Crippen LogP contribution in [0.5, 0.6) is 0 Å². The van der Waals surface area contributed by atoms with Gasteiger partial charge in [-0.2, -0.15) is 0 Å². The van der Waals surface area contributed by atoms with Crippen molar-refractivity contribution in [3.05, 3.63) is 84.2 Å². The summed E-state index contributed by atoms with van der Waals surface area (Å²) < 4.78 is 0. The zero-order valence-corrected chi connectivity index (χ0v) is 16.8. The normalized spacial score (nSPS) is 11.2. The number of allylic oxidation sites excluding steroid dienone is 4. The molecule has 27 heavy (non-hydrogen) atoms. The third-order valence-electron chi connectivity index (χ3n) is 3.86. The molecular formula is C24H27N3. The fourth-order valence-corrected chi connectivity index (χ4v) is 2.61. The van der Waals surface area contributed by atoms with Crippen molar-refractivity contribution >= 4 is 5.57 Å². The van der Waals surface area contributed by atoms with Gasteiger partial charge in [-0.1, -0.05) is 86.2 Å². The van der Waals surface area contributed by atoms with Crippen molar-refractivity contribution < 1.29 is 0 Å². The second-order valence-electron chi connectivity index (χ2n) is 5.79. The van der Waals surface area contributed by atoms with Crippen LogP contribution in [0.25, 0.3) is 28.3 Å². The summed E-state index contributed by atoms with van der Waals surface area (Å²) in [6.45, 7) is 10.1. The third-order valence-corrected chi connectivity index (χ3v) is 3.86. The minimum absolute atomic E-state index is 0.686. The van der Waals surface area contributed by atoms with Gasteiger partial charge >= 0.3 is 0 Å². The van der Waals surface area contributed by atoms with E-state index in [2.05, 4.69) is 19.1 Å². The molecule has 3 nitrogen and oxygen atoms in total. The lowest BCUT2D eigenvalue weighted by Crippen LogP contribution is -2.02. The summed E-state index contributed by atoms with van der Waals surface area (Å²) in [6.07, 6.45) is 6.03. The summed E-state index contributed by atoms with van der Waals surface area (Å²) in [5, 5.41) is 0. The highest BCUT2D eigenvalue weighted by Gasteiger charge is 2.12. The van der Waals surface area contributed by atoms with Gasteiger partial charge in [-0.15, -0.1) is 0 Å². The molecular weight excluding hydrogens is 330 g/mol. The summed E-state index contributed by atoms with van der Waals surface area (Å²) in [4.78, 5) is 14.1. The molecule has 0 aliphatic rings. The Morgan fingerprint density at radius 3 is 2.00 bits per heavy atom. The summed E-state index contributed by atoms with van der Waals surface area (Å²) in [6, 6.07) is 18.2. The van der Waals surface area contributed by atoms with E-state index in [0.717, 1.165) is 16.7 Å². The Balaban J connectivity index is 0.00000126. The van der Waals surface area contributed by atoms with E-state index in [4.69, 9.17) is 15.0 Å². The van der Waals surface area contributed by atoms with Crippen LogP contribution < -0.4 is 0 Å². The summed E-state index contributed by atoms with van der Waals surface area (Å²) >= 11 is 0. The topological polar surface area (TPSA) is 38.7 Å². The van der Waals surface area contributed by atoms with Crippen molar-refractivity contribution in [1.29, 1.82) is 0 Å². The van der Waals surface area contributed by atoms with Crippen molar-refractivity contribution in [1.82, 2.24) is 15.0 Å². The number of nitrogens with zero attached hydrogens (tertiary/aromatic N) is 3. The number of hydrogen-bond acceptors (Lipinski definition) is 3. The lowest BCUT2D eigenvalue weighted by atomic mass is 10.1. The molecule has 0 radical (unpaired) electrons. The number of aryl methyl sites for hydroxylation is 1. The van der Waals surface area contributed by atoms with Crippen LogP contribution in [0.2, 0.25) is 0 Å². The molecule has 1 aromatic heterocycles. The Morgan fingerprint density at radius 2 is 1.41 bits per heavy atom. The predicted octanol–water partition coefficient (Wildman–Crippen LogP) is 6.52. The lowest BCUT2D eigenvalue weighted by Gasteiger charge is -2.09. The number of aromatic nitrogens is 3. The van der Waals surface area contributed by atoms with Crippen LogP contribution in [-0.4, -0.2) is 15.0 Å². The van der Waals surface area contributed by atoms with E-state index in [-0.39, 0.29) is 0 Å². The first kappa shape index (κ1) is 20.2. The average Bonchev–Trinajstić information content (AvgIpc) is 2.74. The Kier molecular flexibility index (Phi) is 7.63. The van der Waals surface area contributed by atoms with E-state index in [1.807, 2.05) is 88.4 Å². The molecule has 0 spiro atoms. The van der Waals surface area contributed by atoms with Crippen molar-refractivity contribution in [2.24, 2.45) is 0 Å². The predicted molar refractivity (Wildman–Crippen MR) is 115 cm³/mol. The Labute approximate surface area is 162 Å². The summed E-state index contributed by atoms with van der Waals surface area (Å²) in [5.74, 6) is 2.06. The molecule has 0 fully saturated rings. The second-order valence-corrected chi connectivity index (χ2v) is 5.79. The molecule has 0 bridgehead atoms. The fraction of sp³-hybridized carbons (Fsp3) is 0.208. The molecule has 3 rings (SSSR count). The van der Waals surface area contributed by atoms with Gasteiger partial charge in [0.25, 0.3) is 0 Å². The van der Waals surface area contributed by atoms with Crippen LogP contribution in [-0.2, 0) is 0 Å². The Bertz CT molecular complexity index is 925. The molecule has 0 saturated heterocycles. The van der Waals surface area contributed by atoms with Gasteiger partial charge in [-0.05, 0) is 26.8 Å². The van der Waals surface area contributed by atoms with Crippen LogP contribution in [0.3, 0.4) is 0 Å². The molecule has 1 heterocycles. The van der Waals surface area contributed by atoms with Crippen molar-refractivity contribution in [2.75, 3.05) is 0 Å². The SMILES string of the molecule is C/C=C\C(=C/C)c1nc(-c2ccccc2)nc(-c2cccc(C)c2)n1.CC. The maximum atomic E-state index is 4.72. The van der Waals surface area contributed by atoms with E-state index >= 15 is 0 Å². The highest BCUT2D eigenvalue weighted by atomic mass is 15.0. The monoisotopic (exact) mass is 357 g/mol. The van der Waals surface area contributed by atoms with Crippen LogP contribution in [0.1, 0.15) is 39.1 Å². The number of benzene rings is 2. The quantitative estimate of drug-likeness (QED) is 0.499. The first-order valence-electron chi connectivity index (χ1n) is 9.39. The van der Waals surface area contributed by atoms with Gasteiger partial charge in [0.15, 0.2) is 17.5 Å². The van der Waals surface area contributed by atoms with E-state index in [1.54, 1.807) is 0 Å². The van der Waals surface area contributed by atoms with Gasteiger partial charge in [0.2, 0.25) is 0 Å². The van der Waals surface area contributed by atoms with E-state index in [0.29, 0.717) is 17.5 Å². The summed E-state index contributed by atoms with van der Waals surface area (Å²) in [7, 11) is 0. The van der Waals surface area contributed by atoms with Crippen LogP contribution in [0, 0.1) is 6.92 Å². The van der Waals surface area contributed by atoms with Crippen molar-refractivity contribution in [3.8, 4) is 22.8 Å². The van der Waals surface area contributed by atoms with Crippen LogP contribution >= 0.6 is 0 Å². The van der Waals surface area contributed by atoms with Gasteiger partial charge in [-0.25, -0.2) is 15.0 Å². The van der Waals surface area contributed by atoms with Crippen molar-refractivity contribution in [3.63, 3.8) is 0 Å². The largest absolute Gasteiger partial charge is 0.208 e. The highest BCUT2D eigenvalue weighted by molar-refractivity contribution is 5.72. The van der Waals surface area contributed by atoms with E-state index in [1.165, 1.54) is 5.56 Å². The molecule has 0 N–H and O–H groups in total. The Hall–Kier alpha value is -3.07. The molecule has 0 saturated carbocycles. The van der Waals surface area contributed by atoms with E-state index < -0.39 is 0 Å². The second kappa shape index (κ2) is 10.2. The minimum atomic E-state index is 0.686. The summed E-state index contributed by atoms with van der Waals surface area (Å²) in [5.41, 5.74) is 4.14. The van der Waals surface area contributed by atoms with Gasteiger partial charge in [0.1, 0.15) is 0 Å². The van der Waals surface area contributed by atoms with Crippen LogP contribution in [0.15, 0.2) is 72.8 Å². The van der Waals surface area contributed by atoms with Gasteiger partial charge in [-0.3, -0.25) is 0 Å². The standard InChI is InChI=1S/C22H21N3.C2H6/c1-4-10-17(5-2)20-23-21(18-12-7-6-8-13-18)25-22(24-20)19-14-9-11-16(3)15-19;1-2/h4-15H,1-3H3;1-2H3/b10-4-,17-5+;. The Morgan fingerprint density at radius 1 is 0.778 bits per heavy atom.